The summed E-state index contributed by atoms with van der Waals surface area (Å²) in [5, 5.41) is 50.0. The minimum atomic E-state index is -1.86. The van der Waals surface area contributed by atoms with Crippen molar-refractivity contribution in [2.45, 2.75) is 49.9 Å². The molecular formula is C16H24N4O12. The quantitative estimate of drug-likeness (QED) is 0.111. The van der Waals surface area contributed by atoms with Gasteiger partial charge in [0.25, 0.3) is 0 Å². The number of amides is 3. The third-order valence-electron chi connectivity index (χ3n) is 3.82. The van der Waals surface area contributed by atoms with Crippen LogP contribution < -0.4 is 21.7 Å². The number of aliphatic hydroxyl groups is 1. The molecule has 16 nitrogen and oxygen atoms in total. The van der Waals surface area contributed by atoms with Crippen LogP contribution in [0.3, 0.4) is 0 Å². The molecule has 4 unspecified atom stereocenters. The maximum Gasteiger partial charge on any atom is 0.328 e. The lowest BCUT2D eigenvalue weighted by molar-refractivity contribution is -0.144. The molecule has 0 fully saturated rings. The van der Waals surface area contributed by atoms with Crippen molar-refractivity contribution < 1.29 is 59.1 Å². The van der Waals surface area contributed by atoms with E-state index in [1.54, 1.807) is 0 Å². The maximum atomic E-state index is 12.5. The second-order valence-electron chi connectivity index (χ2n) is 6.44. The van der Waals surface area contributed by atoms with Crippen LogP contribution in [0.25, 0.3) is 0 Å². The summed E-state index contributed by atoms with van der Waals surface area (Å²) < 4.78 is 0. The molecule has 4 atom stereocenters. The van der Waals surface area contributed by atoms with E-state index in [1.807, 2.05) is 16.0 Å². The predicted octanol–water partition coefficient (Wildman–Crippen LogP) is -4.34. The lowest BCUT2D eigenvalue weighted by Crippen LogP contribution is -2.58. The van der Waals surface area contributed by atoms with E-state index in [2.05, 4.69) is 0 Å². The molecule has 0 spiro atoms. The van der Waals surface area contributed by atoms with Gasteiger partial charge in [0, 0.05) is 6.42 Å². The molecule has 0 saturated carbocycles. The first-order chi connectivity index (χ1) is 14.8. The average Bonchev–Trinajstić information content (AvgIpc) is 2.66. The molecular weight excluding hydrogens is 440 g/mol. The number of aliphatic carboxylic acids is 4. The van der Waals surface area contributed by atoms with Crippen molar-refractivity contribution >= 4 is 41.6 Å². The largest absolute Gasteiger partial charge is 0.481 e. The highest BCUT2D eigenvalue weighted by Crippen LogP contribution is 2.03. The summed E-state index contributed by atoms with van der Waals surface area (Å²) in [6.45, 7) is -1.03. The van der Waals surface area contributed by atoms with Gasteiger partial charge in [-0.15, -0.1) is 0 Å². The van der Waals surface area contributed by atoms with E-state index in [0.717, 1.165) is 0 Å². The van der Waals surface area contributed by atoms with Crippen molar-refractivity contribution in [1.29, 1.82) is 0 Å². The van der Waals surface area contributed by atoms with Crippen molar-refractivity contribution in [1.82, 2.24) is 16.0 Å². The fourth-order valence-electron chi connectivity index (χ4n) is 2.21. The first-order valence-electron chi connectivity index (χ1n) is 8.94. The van der Waals surface area contributed by atoms with E-state index < -0.39 is 98.1 Å². The minimum absolute atomic E-state index is 0.525. The molecule has 32 heavy (non-hydrogen) atoms. The molecule has 0 aliphatic heterocycles. The second-order valence-corrected chi connectivity index (χ2v) is 6.44. The molecule has 0 aromatic rings. The van der Waals surface area contributed by atoms with Gasteiger partial charge in [-0.25, -0.2) is 4.79 Å². The zero-order chi connectivity index (χ0) is 25.0. The number of hydrogen-bond donors (Lipinski definition) is 9. The highest BCUT2D eigenvalue weighted by molar-refractivity contribution is 5.96. The smallest absolute Gasteiger partial charge is 0.328 e. The summed E-state index contributed by atoms with van der Waals surface area (Å²) in [4.78, 5) is 80.1. The third-order valence-corrected chi connectivity index (χ3v) is 3.82. The first kappa shape index (κ1) is 28.2. The van der Waals surface area contributed by atoms with Gasteiger partial charge in [-0.3, -0.25) is 28.8 Å². The Morgan fingerprint density at radius 2 is 1.12 bits per heavy atom. The average molecular weight is 464 g/mol. The van der Waals surface area contributed by atoms with E-state index in [1.165, 1.54) is 0 Å². The van der Waals surface area contributed by atoms with Crippen molar-refractivity contribution in [3.05, 3.63) is 0 Å². The Morgan fingerprint density at radius 3 is 1.56 bits per heavy atom. The number of nitrogens with two attached hydrogens (primary N) is 1. The van der Waals surface area contributed by atoms with Crippen LogP contribution in [-0.4, -0.2) is 97.9 Å². The summed E-state index contributed by atoms with van der Waals surface area (Å²) in [6, 6.07) is -6.89. The first-order valence-corrected chi connectivity index (χ1v) is 8.94. The van der Waals surface area contributed by atoms with Crippen LogP contribution in [0.2, 0.25) is 0 Å². The topological polar surface area (TPSA) is 283 Å². The highest BCUT2D eigenvalue weighted by atomic mass is 16.4. The van der Waals surface area contributed by atoms with Gasteiger partial charge in [0.1, 0.15) is 18.1 Å². The van der Waals surface area contributed by atoms with Gasteiger partial charge in [0.15, 0.2) is 0 Å². The van der Waals surface area contributed by atoms with E-state index >= 15 is 0 Å². The van der Waals surface area contributed by atoms with Gasteiger partial charge in [0.05, 0.1) is 25.5 Å². The molecule has 0 aromatic carbocycles. The molecule has 180 valence electrons. The van der Waals surface area contributed by atoms with Crippen LogP contribution in [0, 0.1) is 0 Å². The summed E-state index contributed by atoms with van der Waals surface area (Å²) in [7, 11) is 0. The van der Waals surface area contributed by atoms with Crippen molar-refractivity contribution in [2.75, 3.05) is 6.61 Å². The molecule has 16 heteroatoms. The van der Waals surface area contributed by atoms with Crippen LogP contribution >= 0.6 is 0 Å². The minimum Gasteiger partial charge on any atom is -0.481 e. The van der Waals surface area contributed by atoms with Crippen molar-refractivity contribution in [3.8, 4) is 0 Å². The SMILES string of the molecule is NC(CC(=O)O)C(=O)NC(CCC(=O)O)C(=O)NC(CC(=O)O)C(=O)NC(CO)C(=O)O. The standard InChI is InChI=1S/C16H24N4O12/c17-6(3-11(24)25)13(28)18-7(1-2-10(22)23)14(29)19-8(4-12(26)27)15(30)20-9(5-21)16(31)32/h6-9,21H,1-5,17H2,(H,18,28)(H,19,29)(H,20,30)(H,22,23)(H,24,25)(H,26,27)(H,31,32). The molecule has 0 radical (unpaired) electrons. The summed E-state index contributed by atoms with van der Waals surface area (Å²) in [5.74, 6) is -9.61. The Labute approximate surface area is 179 Å². The fraction of sp³-hybridized carbons (Fsp3) is 0.562. The highest BCUT2D eigenvalue weighted by Gasteiger charge is 2.32. The van der Waals surface area contributed by atoms with Crippen LogP contribution in [0.4, 0.5) is 0 Å². The Kier molecular flexibility index (Phi) is 11.9. The molecule has 3 amide bonds. The van der Waals surface area contributed by atoms with Gasteiger partial charge in [-0.05, 0) is 6.42 Å². The molecule has 0 heterocycles. The van der Waals surface area contributed by atoms with Gasteiger partial charge in [-0.2, -0.15) is 0 Å². The number of rotatable bonds is 15. The molecule has 0 saturated heterocycles. The van der Waals surface area contributed by atoms with E-state index in [0.29, 0.717) is 0 Å². The molecule has 0 aliphatic carbocycles. The van der Waals surface area contributed by atoms with Crippen LogP contribution in [0.15, 0.2) is 0 Å². The summed E-state index contributed by atoms with van der Waals surface area (Å²) in [6.07, 6.45) is -3.00. The number of nitrogens with one attached hydrogen (secondary N) is 3. The number of carbonyl (C=O) groups excluding carboxylic acids is 3. The lowest BCUT2D eigenvalue weighted by Gasteiger charge is -2.24. The van der Waals surface area contributed by atoms with E-state index in [4.69, 9.17) is 31.3 Å². The summed E-state index contributed by atoms with van der Waals surface area (Å²) in [5.41, 5.74) is 5.37. The van der Waals surface area contributed by atoms with E-state index in [9.17, 15) is 33.6 Å². The Bertz CT molecular complexity index is 755. The van der Waals surface area contributed by atoms with Gasteiger partial charge < -0.3 is 47.2 Å². The number of aliphatic hydroxyl groups excluding tert-OH is 1. The van der Waals surface area contributed by atoms with Crippen molar-refractivity contribution in [3.63, 3.8) is 0 Å². The van der Waals surface area contributed by atoms with Crippen LogP contribution in [0.5, 0.6) is 0 Å². The van der Waals surface area contributed by atoms with Gasteiger partial charge in [0.2, 0.25) is 17.7 Å². The molecule has 0 aliphatic rings. The molecule has 0 rings (SSSR count). The predicted molar refractivity (Wildman–Crippen MR) is 99.9 cm³/mol. The Hall–Kier alpha value is -3.79. The van der Waals surface area contributed by atoms with Crippen molar-refractivity contribution in [2.24, 2.45) is 5.73 Å². The zero-order valence-electron chi connectivity index (χ0n) is 16.5. The monoisotopic (exact) mass is 464 g/mol. The fourth-order valence-corrected chi connectivity index (χ4v) is 2.21. The molecule has 0 bridgehead atoms. The van der Waals surface area contributed by atoms with Gasteiger partial charge >= 0.3 is 23.9 Å². The van der Waals surface area contributed by atoms with Crippen LogP contribution in [0.1, 0.15) is 25.7 Å². The summed E-state index contributed by atoms with van der Waals surface area (Å²) >= 11 is 0. The molecule has 0 aromatic heterocycles. The zero-order valence-corrected chi connectivity index (χ0v) is 16.5. The number of carbonyl (C=O) groups is 7. The Morgan fingerprint density at radius 1 is 0.656 bits per heavy atom. The van der Waals surface area contributed by atoms with Crippen LogP contribution in [-0.2, 0) is 33.6 Å². The Balaban J connectivity index is 5.51. The number of hydrogen-bond acceptors (Lipinski definition) is 9. The molecule has 10 N–H and O–H groups in total. The lowest BCUT2D eigenvalue weighted by atomic mass is 10.1. The number of carboxylic acids is 4. The third kappa shape index (κ3) is 10.8. The van der Waals surface area contributed by atoms with Gasteiger partial charge in [-0.1, -0.05) is 0 Å². The number of carboxylic acid groups (broad SMARTS) is 4. The normalized spacial score (nSPS) is 14.2. The second kappa shape index (κ2) is 13.5. The van der Waals surface area contributed by atoms with E-state index in [-0.39, 0.29) is 0 Å². The maximum absolute atomic E-state index is 12.5.